The first-order valence-corrected chi connectivity index (χ1v) is 6.16. The van der Waals surface area contributed by atoms with Crippen molar-refractivity contribution in [2.24, 2.45) is 0 Å². The van der Waals surface area contributed by atoms with Crippen molar-refractivity contribution in [3.8, 4) is 5.75 Å². The smallest absolute Gasteiger partial charge is 0.261 e. The van der Waals surface area contributed by atoms with Gasteiger partial charge >= 0.3 is 0 Å². The number of rotatable bonds is 3. The quantitative estimate of drug-likeness (QED) is 0.900. The first-order valence-electron chi connectivity index (χ1n) is 6.16. The summed E-state index contributed by atoms with van der Waals surface area (Å²) in [4.78, 5) is 26.8. The zero-order chi connectivity index (χ0) is 14.7. The molecule has 0 aliphatic heterocycles. The van der Waals surface area contributed by atoms with E-state index >= 15 is 0 Å². The molecule has 0 aliphatic rings. The van der Waals surface area contributed by atoms with Crippen LogP contribution in [0.4, 0.5) is 5.69 Å². The van der Waals surface area contributed by atoms with E-state index in [1.54, 1.807) is 19.1 Å². The maximum atomic E-state index is 12.1. The molecule has 1 heterocycles. The standard InChI is InChI=1S/C15H16N2O3/c1-9-4-5-14(20-3)12(6-9)17-15(19)11-8-16-10(2)7-13(11)18/h4-8H,1-3H3,(H,16,18)(H,17,19). The molecule has 0 saturated heterocycles. The van der Waals surface area contributed by atoms with Gasteiger partial charge in [0.2, 0.25) is 0 Å². The molecule has 20 heavy (non-hydrogen) atoms. The van der Waals surface area contributed by atoms with Crippen molar-refractivity contribution in [1.82, 2.24) is 4.98 Å². The highest BCUT2D eigenvalue weighted by Gasteiger charge is 2.13. The summed E-state index contributed by atoms with van der Waals surface area (Å²) in [5, 5.41) is 2.69. The zero-order valence-electron chi connectivity index (χ0n) is 11.6. The van der Waals surface area contributed by atoms with E-state index in [0.717, 1.165) is 5.56 Å². The molecule has 0 spiro atoms. The van der Waals surface area contributed by atoms with Gasteiger partial charge in [0.25, 0.3) is 5.91 Å². The molecule has 2 aromatic rings. The number of anilines is 1. The molecule has 0 unspecified atom stereocenters. The fourth-order valence-corrected chi connectivity index (χ4v) is 1.86. The van der Waals surface area contributed by atoms with E-state index in [2.05, 4.69) is 10.3 Å². The number of hydrogen-bond acceptors (Lipinski definition) is 3. The molecule has 0 radical (unpaired) electrons. The third-order valence-corrected chi connectivity index (χ3v) is 2.91. The molecule has 0 aliphatic carbocycles. The first kappa shape index (κ1) is 13.9. The Morgan fingerprint density at radius 3 is 2.65 bits per heavy atom. The summed E-state index contributed by atoms with van der Waals surface area (Å²) in [6.45, 7) is 3.67. The number of H-pyrrole nitrogens is 1. The highest BCUT2D eigenvalue weighted by molar-refractivity contribution is 6.04. The van der Waals surface area contributed by atoms with Crippen LogP contribution in [-0.4, -0.2) is 18.0 Å². The second-order valence-electron chi connectivity index (χ2n) is 4.55. The minimum Gasteiger partial charge on any atom is -0.495 e. The van der Waals surface area contributed by atoms with E-state index < -0.39 is 5.91 Å². The number of aromatic amines is 1. The van der Waals surface area contributed by atoms with E-state index in [0.29, 0.717) is 17.1 Å². The molecule has 5 nitrogen and oxygen atoms in total. The molecule has 2 N–H and O–H groups in total. The molecular weight excluding hydrogens is 256 g/mol. The number of carbonyl (C=O) groups excluding carboxylic acids is 1. The lowest BCUT2D eigenvalue weighted by molar-refractivity contribution is 0.102. The number of methoxy groups -OCH3 is 1. The van der Waals surface area contributed by atoms with Gasteiger partial charge in [-0.15, -0.1) is 0 Å². The summed E-state index contributed by atoms with van der Waals surface area (Å²) >= 11 is 0. The molecule has 0 fully saturated rings. The largest absolute Gasteiger partial charge is 0.495 e. The number of hydrogen-bond donors (Lipinski definition) is 2. The molecule has 104 valence electrons. The molecule has 5 heteroatoms. The Labute approximate surface area is 116 Å². The van der Waals surface area contributed by atoms with Gasteiger partial charge in [0.1, 0.15) is 11.3 Å². The fourth-order valence-electron chi connectivity index (χ4n) is 1.86. The van der Waals surface area contributed by atoms with Crippen LogP contribution in [0.1, 0.15) is 21.6 Å². The average molecular weight is 272 g/mol. The molecular formula is C15H16N2O3. The first-order chi connectivity index (χ1) is 9.51. The third kappa shape index (κ3) is 2.88. The third-order valence-electron chi connectivity index (χ3n) is 2.91. The van der Waals surface area contributed by atoms with E-state index in [1.165, 1.54) is 19.4 Å². The van der Waals surface area contributed by atoms with Crippen LogP contribution >= 0.6 is 0 Å². The summed E-state index contributed by atoms with van der Waals surface area (Å²) in [7, 11) is 1.53. The van der Waals surface area contributed by atoms with Crippen molar-refractivity contribution in [2.45, 2.75) is 13.8 Å². The number of carbonyl (C=O) groups is 1. The Hall–Kier alpha value is -2.56. The van der Waals surface area contributed by atoms with Crippen molar-refractivity contribution >= 4 is 11.6 Å². The lowest BCUT2D eigenvalue weighted by atomic mass is 10.2. The van der Waals surface area contributed by atoms with E-state index in [1.807, 2.05) is 13.0 Å². The van der Waals surface area contributed by atoms with Crippen LogP contribution < -0.4 is 15.5 Å². The SMILES string of the molecule is COc1ccc(C)cc1NC(=O)c1c[nH]c(C)cc1=O. The minimum absolute atomic E-state index is 0.0687. The van der Waals surface area contributed by atoms with Crippen LogP contribution in [-0.2, 0) is 0 Å². The van der Waals surface area contributed by atoms with Crippen LogP contribution in [0.25, 0.3) is 0 Å². The number of ether oxygens (including phenoxy) is 1. The van der Waals surface area contributed by atoms with Crippen molar-refractivity contribution in [3.63, 3.8) is 0 Å². The lowest BCUT2D eigenvalue weighted by Crippen LogP contribution is -2.21. The molecule has 1 amide bonds. The maximum absolute atomic E-state index is 12.1. The Morgan fingerprint density at radius 1 is 1.25 bits per heavy atom. The summed E-state index contributed by atoms with van der Waals surface area (Å²) in [6.07, 6.45) is 1.41. The number of pyridine rings is 1. The Bertz CT molecular complexity index is 705. The van der Waals surface area contributed by atoms with Crippen molar-refractivity contribution in [1.29, 1.82) is 0 Å². The van der Waals surface area contributed by atoms with Crippen LogP contribution in [0, 0.1) is 13.8 Å². The van der Waals surface area contributed by atoms with Crippen molar-refractivity contribution < 1.29 is 9.53 Å². The van der Waals surface area contributed by atoms with Gasteiger partial charge in [-0.2, -0.15) is 0 Å². The fraction of sp³-hybridized carbons (Fsp3) is 0.200. The molecule has 0 saturated carbocycles. The minimum atomic E-state index is -0.463. The normalized spacial score (nSPS) is 10.2. The molecule has 2 rings (SSSR count). The van der Waals surface area contributed by atoms with Crippen molar-refractivity contribution in [3.05, 3.63) is 57.5 Å². The summed E-state index contributed by atoms with van der Waals surface area (Å²) in [5.74, 6) is 0.0858. The van der Waals surface area contributed by atoms with Gasteiger partial charge < -0.3 is 15.0 Å². The van der Waals surface area contributed by atoms with Gasteiger partial charge in [-0.3, -0.25) is 9.59 Å². The van der Waals surface area contributed by atoms with Crippen LogP contribution in [0.2, 0.25) is 0 Å². The second-order valence-corrected chi connectivity index (χ2v) is 4.55. The second kappa shape index (κ2) is 5.61. The summed E-state index contributed by atoms with van der Waals surface area (Å²) < 4.78 is 5.19. The van der Waals surface area contributed by atoms with Crippen LogP contribution in [0.5, 0.6) is 5.75 Å². The van der Waals surface area contributed by atoms with Gasteiger partial charge in [0.15, 0.2) is 5.43 Å². The summed E-state index contributed by atoms with van der Waals surface area (Å²) in [6, 6.07) is 6.83. The zero-order valence-corrected chi connectivity index (χ0v) is 11.6. The van der Waals surface area contributed by atoms with E-state index in [9.17, 15) is 9.59 Å². The number of aromatic nitrogens is 1. The Kier molecular flexibility index (Phi) is 3.89. The van der Waals surface area contributed by atoms with Gasteiger partial charge in [-0.1, -0.05) is 6.07 Å². The predicted molar refractivity (Wildman–Crippen MR) is 77.5 cm³/mol. The van der Waals surface area contributed by atoms with Gasteiger partial charge in [-0.05, 0) is 31.5 Å². The van der Waals surface area contributed by atoms with Crippen molar-refractivity contribution in [2.75, 3.05) is 12.4 Å². The number of aryl methyl sites for hydroxylation is 2. The van der Waals surface area contributed by atoms with E-state index in [-0.39, 0.29) is 11.0 Å². The van der Waals surface area contributed by atoms with E-state index in [4.69, 9.17) is 4.74 Å². The molecule has 1 aromatic heterocycles. The Morgan fingerprint density at radius 2 is 2.00 bits per heavy atom. The number of benzene rings is 1. The van der Waals surface area contributed by atoms with Gasteiger partial charge in [-0.25, -0.2) is 0 Å². The molecule has 1 aromatic carbocycles. The van der Waals surface area contributed by atoms with Crippen LogP contribution in [0.3, 0.4) is 0 Å². The predicted octanol–water partition coefficient (Wildman–Crippen LogP) is 2.25. The number of amides is 1. The average Bonchev–Trinajstić information content (AvgIpc) is 2.38. The molecule has 0 atom stereocenters. The maximum Gasteiger partial charge on any atom is 0.261 e. The Balaban J connectivity index is 2.32. The topological polar surface area (TPSA) is 71.2 Å². The number of nitrogens with one attached hydrogen (secondary N) is 2. The lowest BCUT2D eigenvalue weighted by Gasteiger charge is -2.10. The van der Waals surface area contributed by atoms with Gasteiger partial charge in [0, 0.05) is 18.0 Å². The highest BCUT2D eigenvalue weighted by Crippen LogP contribution is 2.25. The van der Waals surface area contributed by atoms with Crippen LogP contribution in [0.15, 0.2) is 35.3 Å². The summed E-state index contributed by atoms with van der Waals surface area (Å²) in [5.41, 5.74) is 1.99. The molecule has 0 bridgehead atoms. The monoisotopic (exact) mass is 272 g/mol. The van der Waals surface area contributed by atoms with Gasteiger partial charge in [0.05, 0.1) is 12.8 Å². The highest BCUT2D eigenvalue weighted by atomic mass is 16.5.